The number of hydrogen-bond donors (Lipinski definition) is 0. The van der Waals surface area contributed by atoms with Gasteiger partial charge in [0.25, 0.3) is 0 Å². The average molecular weight is 283 g/mol. The Morgan fingerprint density at radius 3 is 2.21 bits per heavy atom. The SMILES string of the molecule is CC(C)(C)c1nn(C2CCCCCC2)c(Cl)c1C=O. The quantitative estimate of drug-likeness (QED) is 0.589. The second-order valence-electron chi connectivity index (χ2n) is 6.51. The van der Waals surface area contributed by atoms with E-state index in [4.69, 9.17) is 11.6 Å². The van der Waals surface area contributed by atoms with E-state index in [9.17, 15) is 4.79 Å². The summed E-state index contributed by atoms with van der Waals surface area (Å²) < 4.78 is 1.90. The molecule has 1 aliphatic carbocycles. The van der Waals surface area contributed by atoms with Gasteiger partial charge in [0.1, 0.15) is 5.15 Å². The smallest absolute Gasteiger partial charge is 0.155 e. The number of carbonyl (C=O) groups is 1. The highest BCUT2D eigenvalue weighted by molar-refractivity contribution is 6.32. The molecule has 1 fully saturated rings. The van der Waals surface area contributed by atoms with Crippen LogP contribution in [0.15, 0.2) is 0 Å². The molecule has 0 amide bonds. The lowest BCUT2D eigenvalue weighted by Gasteiger charge is -2.17. The van der Waals surface area contributed by atoms with Gasteiger partial charge in [-0.3, -0.25) is 4.79 Å². The molecule has 0 aliphatic heterocycles. The van der Waals surface area contributed by atoms with Gasteiger partial charge in [-0.15, -0.1) is 0 Å². The van der Waals surface area contributed by atoms with Crippen LogP contribution in [0, 0.1) is 0 Å². The number of carbonyl (C=O) groups excluding carboxylic acids is 1. The van der Waals surface area contributed by atoms with Gasteiger partial charge in [0.05, 0.1) is 17.3 Å². The van der Waals surface area contributed by atoms with Gasteiger partial charge < -0.3 is 0 Å². The van der Waals surface area contributed by atoms with Crippen LogP contribution in [-0.2, 0) is 5.41 Å². The van der Waals surface area contributed by atoms with E-state index >= 15 is 0 Å². The zero-order valence-corrected chi connectivity index (χ0v) is 12.8. The van der Waals surface area contributed by atoms with Crippen molar-refractivity contribution >= 4 is 17.9 Å². The lowest BCUT2D eigenvalue weighted by Crippen LogP contribution is -2.16. The summed E-state index contributed by atoms with van der Waals surface area (Å²) >= 11 is 6.39. The molecule has 1 saturated carbocycles. The molecule has 0 atom stereocenters. The van der Waals surface area contributed by atoms with Gasteiger partial charge in [-0.1, -0.05) is 58.1 Å². The maximum atomic E-state index is 11.3. The molecule has 0 N–H and O–H groups in total. The minimum Gasteiger partial charge on any atom is -0.298 e. The monoisotopic (exact) mass is 282 g/mol. The van der Waals surface area contributed by atoms with Crippen molar-refractivity contribution in [3.8, 4) is 0 Å². The van der Waals surface area contributed by atoms with Crippen molar-refractivity contribution in [1.82, 2.24) is 9.78 Å². The third-order valence-corrected chi connectivity index (χ3v) is 4.26. The highest BCUT2D eigenvalue weighted by atomic mass is 35.5. The van der Waals surface area contributed by atoms with Gasteiger partial charge in [0.2, 0.25) is 0 Å². The Balaban J connectivity index is 2.40. The summed E-state index contributed by atoms with van der Waals surface area (Å²) in [7, 11) is 0. The van der Waals surface area contributed by atoms with Gasteiger partial charge in [-0.25, -0.2) is 4.68 Å². The first kappa shape index (κ1) is 14.6. The van der Waals surface area contributed by atoms with Crippen LogP contribution in [0.5, 0.6) is 0 Å². The summed E-state index contributed by atoms with van der Waals surface area (Å²) in [6.45, 7) is 6.20. The highest BCUT2D eigenvalue weighted by Crippen LogP contribution is 2.34. The third-order valence-electron chi connectivity index (χ3n) is 3.89. The van der Waals surface area contributed by atoms with Gasteiger partial charge in [0, 0.05) is 5.41 Å². The van der Waals surface area contributed by atoms with Crippen molar-refractivity contribution in [3.63, 3.8) is 0 Å². The Morgan fingerprint density at radius 2 is 1.79 bits per heavy atom. The number of hydrogen-bond acceptors (Lipinski definition) is 2. The first-order valence-electron chi connectivity index (χ1n) is 7.19. The summed E-state index contributed by atoms with van der Waals surface area (Å²) in [4.78, 5) is 11.3. The zero-order valence-electron chi connectivity index (χ0n) is 12.1. The fourth-order valence-electron chi connectivity index (χ4n) is 2.83. The average Bonchev–Trinajstić information content (AvgIpc) is 2.53. The summed E-state index contributed by atoms with van der Waals surface area (Å²) in [5, 5.41) is 5.19. The van der Waals surface area contributed by atoms with Crippen LogP contribution in [0.2, 0.25) is 5.15 Å². The highest BCUT2D eigenvalue weighted by Gasteiger charge is 2.28. The largest absolute Gasteiger partial charge is 0.298 e. The molecule has 106 valence electrons. The van der Waals surface area contributed by atoms with E-state index in [1.54, 1.807) is 0 Å². The number of rotatable bonds is 2. The van der Waals surface area contributed by atoms with E-state index in [0.717, 1.165) is 24.8 Å². The molecule has 4 heteroatoms. The van der Waals surface area contributed by atoms with Gasteiger partial charge in [0.15, 0.2) is 6.29 Å². The molecule has 2 rings (SSSR count). The van der Waals surface area contributed by atoms with E-state index in [1.165, 1.54) is 25.7 Å². The normalized spacial score (nSPS) is 18.3. The third kappa shape index (κ3) is 3.02. The van der Waals surface area contributed by atoms with E-state index in [2.05, 4.69) is 25.9 Å². The van der Waals surface area contributed by atoms with Crippen LogP contribution < -0.4 is 0 Å². The Hall–Kier alpha value is -0.830. The number of nitrogens with zero attached hydrogens (tertiary/aromatic N) is 2. The van der Waals surface area contributed by atoms with E-state index in [0.29, 0.717) is 16.8 Å². The molecule has 1 aliphatic rings. The topological polar surface area (TPSA) is 34.9 Å². The minimum atomic E-state index is -0.157. The van der Waals surface area contributed by atoms with Crippen LogP contribution in [-0.4, -0.2) is 16.1 Å². The Kier molecular flexibility index (Phi) is 4.34. The van der Waals surface area contributed by atoms with Crippen molar-refractivity contribution in [2.45, 2.75) is 70.8 Å². The lowest BCUT2D eigenvalue weighted by atomic mass is 9.90. The summed E-state index contributed by atoms with van der Waals surface area (Å²) in [5.41, 5.74) is 1.23. The fraction of sp³-hybridized carbons (Fsp3) is 0.733. The molecule has 0 radical (unpaired) electrons. The Morgan fingerprint density at radius 1 is 1.21 bits per heavy atom. The van der Waals surface area contributed by atoms with Gasteiger partial charge >= 0.3 is 0 Å². The predicted octanol–water partition coefficient (Wildman–Crippen LogP) is 4.54. The van der Waals surface area contributed by atoms with E-state index in [-0.39, 0.29) is 5.41 Å². The maximum Gasteiger partial charge on any atom is 0.155 e. The molecule has 1 heterocycles. The standard InChI is InChI=1S/C15H23ClN2O/c1-15(2,3)13-12(10-19)14(16)18(17-13)11-8-6-4-5-7-9-11/h10-11H,4-9H2,1-3H3. The maximum absolute atomic E-state index is 11.3. The zero-order chi connectivity index (χ0) is 14.0. The lowest BCUT2D eigenvalue weighted by molar-refractivity contribution is 0.112. The molecule has 1 aromatic rings. The van der Waals surface area contributed by atoms with Crippen LogP contribution in [0.4, 0.5) is 0 Å². The second-order valence-corrected chi connectivity index (χ2v) is 6.87. The molecular weight excluding hydrogens is 260 g/mol. The van der Waals surface area contributed by atoms with Gasteiger partial charge in [-0.2, -0.15) is 5.10 Å². The summed E-state index contributed by atoms with van der Waals surface area (Å²) in [6, 6.07) is 0.352. The molecule has 0 aromatic carbocycles. The predicted molar refractivity (Wildman–Crippen MR) is 78.1 cm³/mol. The van der Waals surface area contributed by atoms with E-state index < -0.39 is 0 Å². The first-order chi connectivity index (χ1) is 8.95. The van der Waals surface area contributed by atoms with Gasteiger partial charge in [-0.05, 0) is 12.8 Å². The fourth-order valence-corrected chi connectivity index (χ4v) is 3.14. The molecule has 1 aromatic heterocycles. The van der Waals surface area contributed by atoms with Crippen LogP contribution in [0.25, 0.3) is 0 Å². The molecule has 0 spiro atoms. The number of aldehydes is 1. The Bertz CT molecular complexity index is 451. The number of aromatic nitrogens is 2. The Labute approximate surface area is 120 Å². The van der Waals surface area contributed by atoms with Crippen molar-refractivity contribution in [2.24, 2.45) is 0 Å². The van der Waals surface area contributed by atoms with Crippen LogP contribution in [0.1, 0.15) is 81.4 Å². The van der Waals surface area contributed by atoms with Crippen molar-refractivity contribution < 1.29 is 4.79 Å². The molecule has 19 heavy (non-hydrogen) atoms. The minimum absolute atomic E-state index is 0.157. The number of halogens is 1. The molecule has 0 unspecified atom stereocenters. The van der Waals surface area contributed by atoms with Crippen LogP contribution in [0.3, 0.4) is 0 Å². The molecular formula is C15H23ClN2O. The van der Waals surface area contributed by atoms with Crippen molar-refractivity contribution in [1.29, 1.82) is 0 Å². The molecule has 0 saturated heterocycles. The van der Waals surface area contributed by atoms with Crippen LogP contribution >= 0.6 is 11.6 Å². The summed E-state index contributed by atoms with van der Waals surface area (Å²) in [6.07, 6.45) is 8.12. The molecule has 0 bridgehead atoms. The van der Waals surface area contributed by atoms with Crippen molar-refractivity contribution in [3.05, 3.63) is 16.4 Å². The van der Waals surface area contributed by atoms with Crippen molar-refractivity contribution in [2.75, 3.05) is 0 Å². The summed E-state index contributed by atoms with van der Waals surface area (Å²) in [5.74, 6) is 0. The van der Waals surface area contributed by atoms with E-state index in [1.807, 2.05) is 4.68 Å². The second kappa shape index (κ2) is 5.66. The molecule has 3 nitrogen and oxygen atoms in total. The first-order valence-corrected chi connectivity index (χ1v) is 7.56.